The average molecular weight is 221 g/mol. The zero-order chi connectivity index (χ0) is 11.8. The molecule has 1 saturated carbocycles. The molecular formula is C14H20FN. The standard InChI is InChI=1S/C14H20FN/c1-10(2)12-8-11(4-5-13(12)15)14(9-16)6-3-7-14/h4-5,8,10H,3,6-7,9,16H2,1-2H3. The lowest BCUT2D eigenvalue weighted by molar-refractivity contribution is 0.252. The van der Waals surface area contributed by atoms with Gasteiger partial charge in [-0.25, -0.2) is 4.39 Å². The summed E-state index contributed by atoms with van der Waals surface area (Å²) in [6.07, 6.45) is 3.53. The van der Waals surface area contributed by atoms with Gasteiger partial charge in [0.1, 0.15) is 5.82 Å². The Kier molecular flexibility index (Phi) is 3.02. The normalized spacial score (nSPS) is 18.6. The highest BCUT2D eigenvalue weighted by atomic mass is 19.1. The zero-order valence-electron chi connectivity index (χ0n) is 10.1. The van der Waals surface area contributed by atoms with Crippen molar-refractivity contribution in [3.8, 4) is 0 Å². The molecule has 0 bridgehead atoms. The molecule has 0 amide bonds. The monoisotopic (exact) mass is 221 g/mol. The third-order valence-corrected chi connectivity index (χ3v) is 3.93. The summed E-state index contributed by atoms with van der Waals surface area (Å²) in [6, 6.07) is 5.53. The molecule has 0 radical (unpaired) electrons. The Hall–Kier alpha value is -0.890. The Bertz CT molecular complexity index is 375. The maximum absolute atomic E-state index is 13.6. The number of benzene rings is 1. The molecule has 0 aliphatic heterocycles. The van der Waals surface area contributed by atoms with Crippen LogP contribution in [0.3, 0.4) is 0 Å². The molecule has 0 aromatic heterocycles. The van der Waals surface area contributed by atoms with E-state index in [1.54, 1.807) is 6.07 Å². The summed E-state index contributed by atoms with van der Waals surface area (Å²) in [7, 11) is 0. The second kappa shape index (κ2) is 4.17. The minimum atomic E-state index is -0.0924. The maximum atomic E-state index is 13.6. The molecule has 16 heavy (non-hydrogen) atoms. The Morgan fingerprint density at radius 2 is 2.06 bits per heavy atom. The van der Waals surface area contributed by atoms with E-state index in [0.717, 1.165) is 18.4 Å². The van der Waals surface area contributed by atoms with Crippen molar-refractivity contribution in [2.24, 2.45) is 5.73 Å². The van der Waals surface area contributed by atoms with E-state index in [2.05, 4.69) is 0 Å². The lowest BCUT2D eigenvalue weighted by Crippen LogP contribution is -2.41. The second-order valence-corrected chi connectivity index (χ2v) is 5.23. The first-order chi connectivity index (χ1) is 7.59. The average Bonchev–Trinajstić information content (AvgIpc) is 2.19. The van der Waals surface area contributed by atoms with Crippen LogP contribution in [0.1, 0.15) is 50.2 Å². The Morgan fingerprint density at radius 1 is 1.38 bits per heavy atom. The smallest absolute Gasteiger partial charge is 0.126 e. The molecule has 0 saturated heterocycles. The van der Waals surface area contributed by atoms with E-state index in [0.29, 0.717) is 6.54 Å². The number of halogens is 1. The van der Waals surface area contributed by atoms with Crippen LogP contribution in [0.2, 0.25) is 0 Å². The van der Waals surface area contributed by atoms with E-state index >= 15 is 0 Å². The summed E-state index contributed by atoms with van der Waals surface area (Å²) < 4.78 is 13.6. The molecule has 0 unspecified atom stereocenters. The van der Waals surface area contributed by atoms with Crippen LogP contribution in [-0.4, -0.2) is 6.54 Å². The Labute approximate surface area is 96.9 Å². The first kappa shape index (κ1) is 11.6. The molecule has 88 valence electrons. The van der Waals surface area contributed by atoms with E-state index in [4.69, 9.17) is 5.73 Å². The molecule has 2 heteroatoms. The first-order valence-electron chi connectivity index (χ1n) is 6.09. The molecule has 1 nitrogen and oxygen atoms in total. The zero-order valence-corrected chi connectivity index (χ0v) is 10.1. The van der Waals surface area contributed by atoms with Crippen LogP contribution in [0, 0.1) is 5.82 Å². The van der Waals surface area contributed by atoms with E-state index < -0.39 is 0 Å². The van der Waals surface area contributed by atoms with Gasteiger partial charge in [-0.05, 0) is 36.0 Å². The van der Waals surface area contributed by atoms with Gasteiger partial charge < -0.3 is 5.73 Å². The van der Waals surface area contributed by atoms with Crippen LogP contribution in [0.25, 0.3) is 0 Å². The molecule has 1 aliphatic rings. The molecule has 1 fully saturated rings. The SMILES string of the molecule is CC(C)c1cc(C2(CN)CCC2)ccc1F. The minimum absolute atomic E-state index is 0.0924. The van der Waals surface area contributed by atoms with Gasteiger partial charge in [-0.15, -0.1) is 0 Å². The van der Waals surface area contributed by atoms with Crippen molar-refractivity contribution in [1.82, 2.24) is 0 Å². The van der Waals surface area contributed by atoms with E-state index in [1.165, 1.54) is 12.0 Å². The highest BCUT2D eigenvalue weighted by Gasteiger charge is 2.37. The summed E-state index contributed by atoms with van der Waals surface area (Å²) in [6.45, 7) is 4.73. The van der Waals surface area contributed by atoms with Crippen molar-refractivity contribution in [2.45, 2.75) is 44.4 Å². The van der Waals surface area contributed by atoms with Gasteiger partial charge in [0.25, 0.3) is 0 Å². The van der Waals surface area contributed by atoms with Crippen LogP contribution in [0.15, 0.2) is 18.2 Å². The molecular weight excluding hydrogens is 201 g/mol. The Balaban J connectivity index is 2.39. The van der Waals surface area contributed by atoms with Gasteiger partial charge >= 0.3 is 0 Å². The lowest BCUT2D eigenvalue weighted by Gasteiger charge is -2.41. The van der Waals surface area contributed by atoms with Gasteiger partial charge in [0, 0.05) is 12.0 Å². The van der Waals surface area contributed by atoms with Crippen molar-refractivity contribution in [3.05, 3.63) is 35.1 Å². The van der Waals surface area contributed by atoms with Crippen LogP contribution < -0.4 is 5.73 Å². The van der Waals surface area contributed by atoms with Gasteiger partial charge in [0.05, 0.1) is 0 Å². The van der Waals surface area contributed by atoms with Crippen molar-refractivity contribution in [2.75, 3.05) is 6.54 Å². The van der Waals surface area contributed by atoms with Gasteiger partial charge in [0.15, 0.2) is 0 Å². The summed E-state index contributed by atoms with van der Waals surface area (Å²) in [5.74, 6) is 0.139. The predicted octanol–water partition coefficient (Wildman–Crippen LogP) is 3.33. The predicted molar refractivity (Wildman–Crippen MR) is 65.1 cm³/mol. The van der Waals surface area contributed by atoms with Gasteiger partial charge in [-0.3, -0.25) is 0 Å². The fraction of sp³-hybridized carbons (Fsp3) is 0.571. The van der Waals surface area contributed by atoms with Crippen LogP contribution in [-0.2, 0) is 5.41 Å². The number of rotatable bonds is 3. The number of hydrogen-bond acceptors (Lipinski definition) is 1. The van der Waals surface area contributed by atoms with Gasteiger partial charge in [0.2, 0.25) is 0 Å². The van der Waals surface area contributed by atoms with Gasteiger partial charge in [-0.1, -0.05) is 32.4 Å². The van der Waals surface area contributed by atoms with Crippen molar-refractivity contribution < 1.29 is 4.39 Å². The largest absolute Gasteiger partial charge is 0.330 e. The quantitative estimate of drug-likeness (QED) is 0.832. The molecule has 2 N–H and O–H groups in total. The number of nitrogens with two attached hydrogens (primary N) is 1. The molecule has 1 aliphatic carbocycles. The minimum Gasteiger partial charge on any atom is -0.330 e. The highest BCUT2D eigenvalue weighted by Crippen LogP contribution is 2.43. The number of hydrogen-bond donors (Lipinski definition) is 1. The molecule has 0 heterocycles. The van der Waals surface area contributed by atoms with E-state index in [-0.39, 0.29) is 17.2 Å². The molecule has 2 rings (SSSR count). The van der Waals surface area contributed by atoms with Crippen LogP contribution >= 0.6 is 0 Å². The summed E-state index contributed by atoms with van der Waals surface area (Å²) >= 11 is 0. The van der Waals surface area contributed by atoms with E-state index in [1.807, 2.05) is 26.0 Å². The topological polar surface area (TPSA) is 26.0 Å². The van der Waals surface area contributed by atoms with Gasteiger partial charge in [-0.2, -0.15) is 0 Å². The summed E-state index contributed by atoms with van der Waals surface area (Å²) in [4.78, 5) is 0. The third-order valence-electron chi connectivity index (χ3n) is 3.93. The van der Waals surface area contributed by atoms with Crippen molar-refractivity contribution in [3.63, 3.8) is 0 Å². The maximum Gasteiger partial charge on any atom is 0.126 e. The van der Waals surface area contributed by atoms with E-state index in [9.17, 15) is 4.39 Å². The molecule has 1 aromatic rings. The second-order valence-electron chi connectivity index (χ2n) is 5.23. The summed E-state index contributed by atoms with van der Waals surface area (Å²) in [5.41, 5.74) is 8.05. The van der Waals surface area contributed by atoms with Crippen molar-refractivity contribution >= 4 is 0 Å². The Morgan fingerprint density at radius 3 is 2.50 bits per heavy atom. The molecule has 1 aromatic carbocycles. The summed E-state index contributed by atoms with van der Waals surface area (Å²) in [5, 5.41) is 0. The fourth-order valence-corrected chi connectivity index (χ4v) is 2.53. The fourth-order valence-electron chi connectivity index (χ4n) is 2.53. The third kappa shape index (κ3) is 1.75. The molecule has 0 spiro atoms. The van der Waals surface area contributed by atoms with Crippen LogP contribution in [0.5, 0.6) is 0 Å². The van der Waals surface area contributed by atoms with Crippen molar-refractivity contribution in [1.29, 1.82) is 0 Å². The van der Waals surface area contributed by atoms with Crippen LogP contribution in [0.4, 0.5) is 4.39 Å². The molecule has 0 atom stereocenters. The highest BCUT2D eigenvalue weighted by molar-refractivity contribution is 5.34. The lowest BCUT2D eigenvalue weighted by atomic mass is 9.64. The first-order valence-corrected chi connectivity index (χ1v) is 6.09.